The highest BCUT2D eigenvalue weighted by Crippen LogP contribution is 2.40. The summed E-state index contributed by atoms with van der Waals surface area (Å²) in [6.07, 6.45) is 8.41. The molecule has 0 spiro atoms. The van der Waals surface area contributed by atoms with Gasteiger partial charge >= 0.3 is 0 Å². The van der Waals surface area contributed by atoms with Crippen molar-refractivity contribution in [2.75, 3.05) is 18.7 Å². The molecule has 1 aromatic carbocycles. The monoisotopic (exact) mass is 469 g/mol. The molecule has 0 unspecified atom stereocenters. The Morgan fingerprint density at radius 1 is 1.15 bits per heavy atom. The molecule has 1 aliphatic carbocycles. The van der Waals surface area contributed by atoms with Crippen molar-refractivity contribution in [1.82, 2.24) is 10.1 Å². The number of nitrogens with two attached hydrogens (primary N) is 2. The third kappa shape index (κ3) is 6.59. The number of benzene rings is 1. The smallest absolute Gasteiger partial charge is 0.135 e. The van der Waals surface area contributed by atoms with E-state index in [1.165, 1.54) is 18.4 Å². The molecule has 0 atom stereocenters. The van der Waals surface area contributed by atoms with E-state index < -0.39 is 0 Å². The molecule has 0 amide bonds. The molecule has 1 fully saturated rings. The summed E-state index contributed by atoms with van der Waals surface area (Å²) in [7, 11) is 1.91. The van der Waals surface area contributed by atoms with Gasteiger partial charge in [-0.15, -0.1) is 5.92 Å². The van der Waals surface area contributed by atoms with Crippen molar-refractivity contribution in [2.24, 2.45) is 23.4 Å². The number of aliphatic hydroxyl groups is 1. The van der Waals surface area contributed by atoms with Gasteiger partial charge in [-0.25, -0.2) is 11.0 Å². The fraction of sp³-hybridized carbons (Fsp3) is 0.500. The van der Waals surface area contributed by atoms with Crippen LogP contribution in [0.5, 0.6) is 0 Å². The lowest BCUT2D eigenvalue weighted by atomic mass is 9.80. The zero-order chi connectivity index (χ0) is 23.1. The van der Waals surface area contributed by atoms with Crippen molar-refractivity contribution in [1.29, 1.82) is 0 Å². The Kier molecular flexibility index (Phi) is 11.8. The van der Waals surface area contributed by atoms with Crippen LogP contribution >= 0.6 is 0 Å². The lowest BCUT2D eigenvalue weighted by Crippen LogP contribution is -2.41. The molecule has 34 heavy (non-hydrogen) atoms. The molecule has 2 aromatic rings. The molecular formula is C28H47N5O. The number of nitrogens with zero attached hydrogens (tertiary/aromatic N) is 2. The minimum absolute atomic E-state index is 0. The van der Waals surface area contributed by atoms with E-state index in [2.05, 4.69) is 48.0 Å². The van der Waals surface area contributed by atoms with E-state index >= 15 is 0 Å². The van der Waals surface area contributed by atoms with Crippen LogP contribution in [0, 0.1) is 23.7 Å². The fourth-order valence-corrected chi connectivity index (χ4v) is 4.53. The van der Waals surface area contributed by atoms with Crippen LogP contribution in [0.25, 0.3) is 5.70 Å². The molecule has 190 valence electrons. The SMILES string of the molecule is C.C.CC#Cc1ccc(CCC)cc1.CN1c2[nH]ccc2/C(=C(/N)C2CCC(CO)CC2)N1N.[HH]. The van der Waals surface area contributed by atoms with Gasteiger partial charge in [0.2, 0.25) is 0 Å². The topological polar surface area (TPSA) is 94.5 Å². The standard InChI is InChI=1S/C14H23N5O.C12H14.2CH4.H2/c1-18-14-11(6-7-17-14)13(19(18)16)12(15)10-4-2-9(8-20)3-5-10;1-3-5-11-7-9-12(6-4-2)10-8-11;;;/h6-7,9-10,17,20H,2-5,8,15-16H2,1H3;7-10H,3,5H2,1-2H3;2*1H4;1H/b13-12-;;;;. The predicted octanol–water partition coefficient (Wildman–Crippen LogP) is 5.51. The van der Waals surface area contributed by atoms with Crippen LogP contribution in [-0.4, -0.2) is 28.9 Å². The van der Waals surface area contributed by atoms with Gasteiger partial charge in [0, 0.05) is 44.0 Å². The number of aromatic amines is 1. The Morgan fingerprint density at radius 2 is 1.79 bits per heavy atom. The van der Waals surface area contributed by atoms with E-state index in [0.717, 1.165) is 54.0 Å². The average Bonchev–Trinajstić information content (AvgIpc) is 3.38. The molecule has 0 radical (unpaired) electrons. The van der Waals surface area contributed by atoms with E-state index in [1.54, 1.807) is 5.12 Å². The maximum absolute atomic E-state index is 9.22. The summed E-state index contributed by atoms with van der Waals surface area (Å²) in [4.78, 5) is 3.18. The minimum atomic E-state index is 0. The van der Waals surface area contributed by atoms with Crippen LogP contribution in [-0.2, 0) is 6.42 Å². The third-order valence-electron chi connectivity index (χ3n) is 6.44. The Hall–Kier alpha value is -2.88. The molecule has 2 heterocycles. The highest BCUT2D eigenvalue weighted by atomic mass is 16.3. The van der Waals surface area contributed by atoms with Crippen molar-refractivity contribution in [3.63, 3.8) is 0 Å². The normalized spacial score (nSPS) is 20.0. The van der Waals surface area contributed by atoms with Crippen molar-refractivity contribution < 1.29 is 6.53 Å². The van der Waals surface area contributed by atoms with E-state index in [-0.39, 0.29) is 22.9 Å². The zero-order valence-corrected chi connectivity index (χ0v) is 19.6. The number of fused-ring (bicyclic) bond motifs is 1. The number of H-pyrrole nitrogens is 1. The summed E-state index contributed by atoms with van der Waals surface area (Å²) in [5.41, 5.74) is 11.8. The number of aromatic nitrogens is 1. The van der Waals surface area contributed by atoms with Gasteiger partial charge < -0.3 is 15.8 Å². The number of nitrogens with one attached hydrogen (secondary N) is 1. The number of hydrogen-bond acceptors (Lipinski definition) is 5. The maximum atomic E-state index is 9.22. The minimum Gasteiger partial charge on any atom is -0.400 e. The molecule has 6 heteroatoms. The highest BCUT2D eigenvalue weighted by molar-refractivity contribution is 5.81. The number of hydrogen-bond donors (Lipinski definition) is 4. The second kappa shape index (κ2) is 13.7. The maximum Gasteiger partial charge on any atom is 0.135 e. The van der Waals surface area contributed by atoms with E-state index in [4.69, 9.17) is 11.6 Å². The van der Waals surface area contributed by atoms with Gasteiger partial charge in [-0.3, -0.25) is 5.01 Å². The molecule has 0 bridgehead atoms. The lowest BCUT2D eigenvalue weighted by Gasteiger charge is -2.30. The van der Waals surface area contributed by atoms with Crippen LogP contribution in [0.4, 0.5) is 5.82 Å². The van der Waals surface area contributed by atoms with Gasteiger partial charge in [0.15, 0.2) is 0 Å². The van der Waals surface area contributed by atoms with E-state index in [9.17, 15) is 5.11 Å². The number of aliphatic hydroxyl groups excluding tert-OH is 1. The Morgan fingerprint density at radius 3 is 2.35 bits per heavy atom. The van der Waals surface area contributed by atoms with Crippen molar-refractivity contribution >= 4 is 11.5 Å². The van der Waals surface area contributed by atoms with Crippen molar-refractivity contribution in [3.05, 3.63) is 58.9 Å². The molecule has 6 nitrogen and oxygen atoms in total. The quantitative estimate of drug-likeness (QED) is 0.350. The fourth-order valence-electron chi connectivity index (χ4n) is 4.53. The molecule has 1 aromatic heterocycles. The number of aryl methyl sites for hydroxylation is 1. The van der Waals surface area contributed by atoms with Gasteiger partial charge in [-0.1, -0.05) is 46.3 Å². The van der Waals surface area contributed by atoms with Crippen molar-refractivity contribution in [3.8, 4) is 11.8 Å². The number of hydrazine groups is 2. The number of anilines is 1. The zero-order valence-electron chi connectivity index (χ0n) is 19.6. The summed E-state index contributed by atoms with van der Waals surface area (Å²) >= 11 is 0. The molecule has 0 saturated heterocycles. The highest BCUT2D eigenvalue weighted by Gasteiger charge is 2.33. The first kappa shape index (κ1) is 29.2. The summed E-state index contributed by atoms with van der Waals surface area (Å²) in [6, 6.07) is 10.5. The van der Waals surface area contributed by atoms with Gasteiger partial charge in [0.1, 0.15) is 11.5 Å². The van der Waals surface area contributed by atoms with Crippen molar-refractivity contribution in [2.45, 2.75) is 67.2 Å². The summed E-state index contributed by atoms with van der Waals surface area (Å²) < 4.78 is 0. The molecule has 2 aliphatic rings. The van der Waals surface area contributed by atoms with Gasteiger partial charge in [-0.2, -0.15) is 0 Å². The summed E-state index contributed by atoms with van der Waals surface area (Å²) in [6.45, 7) is 4.34. The summed E-state index contributed by atoms with van der Waals surface area (Å²) in [5.74, 6) is 13.8. The number of rotatable bonds is 4. The van der Waals surface area contributed by atoms with Gasteiger partial charge in [0.25, 0.3) is 0 Å². The Bertz CT molecular complexity index is 965. The second-order valence-electron chi connectivity index (χ2n) is 8.63. The first-order valence-corrected chi connectivity index (χ1v) is 11.6. The molecular weight excluding hydrogens is 422 g/mol. The second-order valence-corrected chi connectivity index (χ2v) is 8.63. The lowest BCUT2D eigenvalue weighted by molar-refractivity contribution is 0.175. The van der Waals surface area contributed by atoms with Crippen LogP contribution < -0.4 is 16.6 Å². The van der Waals surface area contributed by atoms with Gasteiger partial charge in [0.05, 0.1) is 0 Å². The largest absolute Gasteiger partial charge is 0.400 e. The van der Waals surface area contributed by atoms with Crippen LogP contribution in [0.15, 0.2) is 42.2 Å². The first-order valence-electron chi connectivity index (χ1n) is 11.6. The molecule has 6 N–H and O–H groups in total. The first-order chi connectivity index (χ1) is 15.5. The number of allylic oxidation sites excluding steroid dienone is 1. The average molecular weight is 470 g/mol. The van der Waals surface area contributed by atoms with Crippen LogP contribution in [0.3, 0.4) is 0 Å². The predicted molar refractivity (Wildman–Crippen MR) is 147 cm³/mol. The van der Waals surface area contributed by atoms with Crippen LogP contribution in [0.2, 0.25) is 0 Å². The van der Waals surface area contributed by atoms with E-state index in [0.29, 0.717) is 11.8 Å². The van der Waals surface area contributed by atoms with Crippen LogP contribution in [0.1, 0.15) is 78.9 Å². The van der Waals surface area contributed by atoms with Gasteiger partial charge in [-0.05, 0) is 68.7 Å². The molecule has 4 rings (SSSR count). The Labute approximate surface area is 208 Å². The molecule has 1 saturated carbocycles. The van der Waals surface area contributed by atoms with E-state index in [1.807, 2.05) is 31.2 Å². The Balaban J connectivity index is 0.000000676. The molecule has 1 aliphatic heterocycles. The third-order valence-corrected chi connectivity index (χ3v) is 6.44. The summed E-state index contributed by atoms with van der Waals surface area (Å²) in [5, 5.41) is 12.7.